The van der Waals surface area contributed by atoms with E-state index in [2.05, 4.69) is 12.2 Å². The highest BCUT2D eigenvalue weighted by molar-refractivity contribution is 7.90. The number of nitrogens with one attached hydrogen (secondary N) is 1. The highest BCUT2D eigenvalue weighted by Crippen LogP contribution is 2.20. The molecule has 0 aromatic rings. The van der Waals surface area contributed by atoms with Crippen LogP contribution in [-0.4, -0.2) is 49.5 Å². The van der Waals surface area contributed by atoms with Crippen molar-refractivity contribution in [2.45, 2.75) is 58.3 Å². The van der Waals surface area contributed by atoms with Crippen molar-refractivity contribution < 1.29 is 13.2 Å². The summed E-state index contributed by atoms with van der Waals surface area (Å²) in [4.78, 5) is 13.9. The maximum absolute atomic E-state index is 12.2. The molecule has 1 rings (SSSR count). The Labute approximate surface area is 110 Å². The summed E-state index contributed by atoms with van der Waals surface area (Å²) in [6.45, 7) is 5.83. The van der Waals surface area contributed by atoms with E-state index < -0.39 is 9.84 Å². The second-order valence-electron chi connectivity index (χ2n) is 5.12. The molecule has 1 heterocycles. The summed E-state index contributed by atoms with van der Waals surface area (Å²) < 4.78 is 22.7. The Kier molecular flexibility index (Phi) is 5.16. The van der Waals surface area contributed by atoms with Crippen LogP contribution in [0.1, 0.15) is 40.0 Å². The predicted octanol–water partition coefficient (Wildman–Crippen LogP) is 0.756. The van der Waals surface area contributed by atoms with E-state index in [0.717, 1.165) is 19.3 Å². The molecule has 0 radical (unpaired) electrons. The standard InChI is InChI=1S/C12H24N2O3S/c1-5-7-11-13-10(6-2)12(15)14(11)9(3)8-18(4,16)17/h9-11,13H,5-8H2,1-4H3. The Bertz CT molecular complexity index is 394. The van der Waals surface area contributed by atoms with Crippen molar-refractivity contribution in [3.05, 3.63) is 0 Å². The van der Waals surface area contributed by atoms with Gasteiger partial charge in [-0.15, -0.1) is 0 Å². The van der Waals surface area contributed by atoms with Crippen LogP contribution in [0.25, 0.3) is 0 Å². The van der Waals surface area contributed by atoms with Gasteiger partial charge in [0.05, 0.1) is 18.0 Å². The first-order chi connectivity index (χ1) is 8.30. The Morgan fingerprint density at radius 1 is 1.39 bits per heavy atom. The third-order valence-electron chi connectivity index (χ3n) is 3.27. The summed E-state index contributed by atoms with van der Waals surface area (Å²) in [6, 6.07) is -0.434. The van der Waals surface area contributed by atoms with Gasteiger partial charge in [-0.3, -0.25) is 10.1 Å². The first-order valence-electron chi connectivity index (χ1n) is 6.56. The summed E-state index contributed by atoms with van der Waals surface area (Å²) in [6.07, 6.45) is 3.74. The fraction of sp³-hybridized carbons (Fsp3) is 0.917. The maximum Gasteiger partial charge on any atom is 0.241 e. The quantitative estimate of drug-likeness (QED) is 0.777. The van der Waals surface area contributed by atoms with Crippen LogP contribution in [0, 0.1) is 0 Å². The molecule has 0 bridgehead atoms. The van der Waals surface area contributed by atoms with Gasteiger partial charge in [0.15, 0.2) is 0 Å². The number of hydrogen-bond acceptors (Lipinski definition) is 4. The molecule has 0 aromatic heterocycles. The van der Waals surface area contributed by atoms with Crippen LogP contribution in [0.15, 0.2) is 0 Å². The van der Waals surface area contributed by atoms with Crippen molar-refractivity contribution in [1.29, 1.82) is 0 Å². The number of amides is 1. The summed E-state index contributed by atoms with van der Waals surface area (Å²) in [5, 5.41) is 3.29. The van der Waals surface area contributed by atoms with Gasteiger partial charge in [-0.05, 0) is 19.8 Å². The SMILES string of the molecule is CCCC1NC(CC)C(=O)N1C(C)CS(C)(=O)=O. The van der Waals surface area contributed by atoms with Gasteiger partial charge in [0.25, 0.3) is 0 Å². The van der Waals surface area contributed by atoms with Crippen LogP contribution in [0.2, 0.25) is 0 Å². The van der Waals surface area contributed by atoms with Crippen molar-refractivity contribution in [3.8, 4) is 0 Å². The average molecular weight is 276 g/mol. The molecule has 1 fully saturated rings. The molecule has 1 aliphatic heterocycles. The van der Waals surface area contributed by atoms with Crippen LogP contribution < -0.4 is 5.32 Å². The molecule has 1 aliphatic rings. The molecule has 18 heavy (non-hydrogen) atoms. The molecule has 1 N–H and O–H groups in total. The molecule has 0 saturated carbocycles. The number of carbonyl (C=O) groups is 1. The average Bonchev–Trinajstić information content (AvgIpc) is 2.53. The zero-order valence-electron chi connectivity index (χ0n) is 11.6. The number of carbonyl (C=O) groups excluding carboxylic acids is 1. The molecule has 6 heteroatoms. The molecule has 3 atom stereocenters. The summed E-state index contributed by atoms with van der Waals surface area (Å²) in [7, 11) is -3.07. The number of sulfone groups is 1. The molecule has 0 aliphatic carbocycles. The third kappa shape index (κ3) is 3.68. The molecular weight excluding hydrogens is 252 g/mol. The number of hydrogen-bond donors (Lipinski definition) is 1. The van der Waals surface area contributed by atoms with Gasteiger partial charge < -0.3 is 4.90 Å². The van der Waals surface area contributed by atoms with E-state index in [9.17, 15) is 13.2 Å². The van der Waals surface area contributed by atoms with E-state index in [1.54, 1.807) is 11.8 Å². The first kappa shape index (κ1) is 15.4. The Balaban J connectivity index is 2.84. The summed E-state index contributed by atoms with van der Waals surface area (Å²) >= 11 is 0. The minimum absolute atomic E-state index is 0.0239. The van der Waals surface area contributed by atoms with E-state index in [-0.39, 0.29) is 29.9 Å². The van der Waals surface area contributed by atoms with E-state index >= 15 is 0 Å². The smallest absolute Gasteiger partial charge is 0.241 e. The second kappa shape index (κ2) is 6.02. The minimum atomic E-state index is -3.07. The van der Waals surface area contributed by atoms with Crippen molar-refractivity contribution in [2.75, 3.05) is 12.0 Å². The molecule has 1 amide bonds. The highest BCUT2D eigenvalue weighted by Gasteiger charge is 2.40. The second-order valence-corrected chi connectivity index (χ2v) is 7.30. The monoisotopic (exact) mass is 276 g/mol. The van der Waals surface area contributed by atoms with Crippen LogP contribution in [-0.2, 0) is 14.6 Å². The Morgan fingerprint density at radius 2 is 2.00 bits per heavy atom. The van der Waals surface area contributed by atoms with Gasteiger partial charge in [-0.2, -0.15) is 0 Å². The maximum atomic E-state index is 12.2. The van der Waals surface area contributed by atoms with Gasteiger partial charge >= 0.3 is 0 Å². The van der Waals surface area contributed by atoms with Crippen LogP contribution in [0.5, 0.6) is 0 Å². The summed E-state index contributed by atoms with van der Waals surface area (Å²) in [5.41, 5.74) is 0. The lowest BCUT2D eigenvalue weighted by atomic mass is 10.2. The van der Waals surface area contributed by atoms with Gasteiger partial charge in [-0.25, -0.2) is 8.42 Å². The molecule has 3 unspecified atom stereocenters. The third-order valence-corrected chi connectivity index (χ3v) is 4.36. The number of nitrogens with zero attached hydrogens (tertiary/aromatic N) is 1. The highest BCUT2D eigenvalue weighted by atomic mass is 32.2. The molecule has 0 aromatic carbocycles. The lowest BCUT2D eigenvalue weighted by Crippen LogP contribution is -2.46. The molecule has 0 spiro atoms. The van der Waals surface area contributed by atoms with Gasteiger partial charge in [0, 0.05) is 12.3 Å². The molecule has 1 saturated heterocycles. The van der Waals surface area contributed by atoms with Crippen molar-refractivity contribution in [3.63, 3.8) is 0 Å². The predicted molar refractivity (Wildman–Crippen MR) is 71.9 cm³/mol. The molecular formula is C12H24N2O3S. The largest absolute Gasteiger partial charge is 0.322 e. The topological polar surface area (TPSA) is 66.5 Å². The van der Waals surface area contributed by atoms with E-state index in [4.69, 9.17) is 0 Å². The normalized spacial score (nSPS) is 26.7. The van der Waals surface area contributed by atoms with E-state index in [1.807, 2.05) is 6.92 Å². The van der Waals surface area contributed by atoms with E-state index in [0.29, 0.717) is 0 Å². The van der Waals surface area contributed by atoms with Crippen LogP contribution >= 0.6 is 0 Å². The zero-order valence-corrected chi connectivity index (χ0v) is 12.5. The van der Waals surface area contributed by atoms with E-state index in [1.165, 1.54) is 6.26 Å². The first-order valence-corrected chi connectivity index (χ1v) is 8.62. The number of rotatable bonds is 6. The fourth-order valence-electron chi connectivity index (χ4n) is 2.55. The fourth-order valence-corrected chi connectivity index (χ4v) is 3.59. The Morgan fingerprint density at radius 3 is 2.44 bits per heavy atom. The van der Waals surface area contributed by atoms with Crippen LogP contribution in [0.3, 0.4) is 0 Å². The minimum Gasteiger partial charge on any atom is -0.322 e. The van der Waals surface area contributed by atoms with Gasteiger partial charge in [0.1, 0.15) is 9.84 Å². The Hall–Kier alpha value is -0.620. The molecule has 106 valence electrons. The van der Waals surface area contributed by atoms with Crippen molar-refractivity contribution in [1.82, 2.24) is 10.2 Å². The van der Waals surface area contributed by atoms with Crippen LogP contribution in [0.4, 0.5) is 0 Å². The summed E-state index contributed by atoms with van der Waals surface area (Å²) in [5.74, 6) is 0.0592. The van der Waals surface area contributed by atoms with Crippen molar-refractivity contribution >= 4 is 15.7 Å². The van der Waals surface area contributed by atoms with Crippen molar-refractivity contribution in [2.24, 2.45) is 0 Å². The lowest BCUT2D eigenvalue weighted by molar-refractivity contribution is -0.131. The van der Waals surface area contributed by atoms with Gasteiger partial charge in [0.2, 0.25) is 5.91 Å². The van der Waals surface area contributed by atoms with Gasteiger partial charge in [-0.1, -0.05) is 20.3 Å². The lowest BCUT2D eigenvalue weighted by Gasteiger charge is -2.29. The zero-order chi connectivity index (χ0) is 13.9. The molecule has 5 nitrogen and oxygen atoms in total.